The van der Waals surface area contributed by atoms with Crippen molar-refractivity contribution in [1.82, 2.24) is 0 Å². The van der Waals surface area contributed by atoms with Crippen LogP contribution >= 0.6 is 9.12 Å². The van der Waals surface area contributed by atoms with Crippen LogP contribution in [0.5, 0.6) is 11.5 Å². The molecular formula is C20H31O6P. The van der Waals surface area contributed by atoms with Gasteiger partial charge in [-0.15, -0.1) is 0 Å². The van der Waals surface area contributed by atoms with E-state index in [1.807, 2.05) is 6.92 Å². The van der Waals surface area contributed by atoms with E-state index in [2.05, 4.69) is 0 Å². The van der Waals surface area contributed by atoms with Gasteiger partial charge in [-0.3, -0.25) is 9.59 Å². The SMILES string of the molecule is CCCCOC(=O)C(C(=O)c1c(OC)cccc1OC)C1CCCC1.O=[PH3]. The monoisotopic (exact) mass is 398 g/mol. The van der Waals surface area contributed by atoms with Gasteiger partial charge in [-0.2, -0.15) is 0 Å². The number of Topliss-reactive ketones (excluding diaryl/α,β-unsaturated/α-hetero) is 1. The van der Waals surface area contributed by atoms with Crippen LogP contribution in [0.15, 0.2) is 18.2 Å². The van der Waals surface area contributed by atoms with Crippen molar-refractivity contribution in [3.63, 3.8) is 0 Å². The summed E-state index contributed by atoms with van der Waals surface area (Å²) in [6, 6.07) is 5.19. The zero-order chi connectivity index (χ0) is 20.2. The maximum Gasteiger partial charge on any atom is 0.317 e. The number of unbranched alkanes of at least 4 members (excludes halogenated alkanes) is 1. The largest absolute Gasteiger partial charge is 0.496 e. The average molecular weight is 398 g/mol. The molecule has 1 aliphatic carbocycles. The van der Waals surface area contributed by atoms with E-state index in [9.17, 15) is 9.59 Å². The summed E-state index contributed by atoms with van der Waals surface area (Å²) in [5, 5.41) is 0. The lowest BCUT2D eigenvalue weighted by Gasteiger charge is -2.22. The normalized spacial score (nSPS) is 14.8. The van der Waals surface area contributed by atoms with E-state index >= 15 is 0 Å². The van der Waals surface area contributed by atoms with Crippen LogP contribution in [0, 0.1) is 11.8 Å². The van der Waals surface area contributed by atoms with E-state index in [0.29, 0.717) is 32.8 Å². The molecular weight excluding hydrogens is 367 g/mol. The van der Waals surface area contributed by atoms with Gasteiger partial charge in [0.15, 0.2) is 5.78 Å². The number of benzene rings is 1. The Labute approximate surface area is 163 Å². The molecule has 0 amide bonds. The van der Waals surface area contributed by atoms with Gasteiger partial charge in [0.2, 0.25) is 0 Å². The van der Waals surface area contributed by atoms with Crippen LogP contribution in [-0.2, 0) is 14.1 Å². The summed E-state index contributed by atoms with van der Waals surface area (Å²) in [6.45, 7) is 2.39. The van der Waals surface area contributed by atoms with Gasteiger partial charge in [0.1, 0.15) is 23.0 Å². The molecule has 0 bridgehead atoms. The molecule has 152 valence electrons. The lowest BCUT2D eigenvalue weighted by atomic mass is 9.84. The van der Waals surface area contributed by atoms with Crippen molar-refractivity contribution in [2.24, 2.45) is 11.8 Å². The number of ether oxygens (including phenoxy) is 3. The van der Waals surface area contributed by atoms with Crippen LogP contribution in [0.25, 0.3) is 0 Å². The van der Waals surface area contributed by atoms with Crippen LogP contribution in [0.4, 0.5) is 0 Å². The minimum Gasteiger partial charge on any atom is -0.496 e. The number of rotatable bonds is 9. The van der Waals surface area contributed by atoms with Crippen molar-refractivity contribution in [2.45, 2.75) is 45.4 Å². The second kappa shape index (κ2) is 12.6. The topological polar surface area (TPSA) is 78.9 Å². The van der Waals surface area contributed by atoms with Gasteiger partial charge in [-0.1, -0.05) is 32.3 Å². The number of esters is 1. The van der Waals surface area contributed by atoms with E-state index in [0.717, 1.165) is 38.5 Å². The molecule has 1 aliphatic rings. The summed E-state index contributed by atoms with van der Waals surface area (Å²) < 4.78 is 24.4. The van der Waals surface area contributed by atoms with E-state index in [4.69, 9.17) is 18.8 Å². The first-order valence-corrected chi connectivity index (χ1v) is 9.92. The number of methoxy groups -OCH3 is 2. The van der Waals surface area contributed by atoms with Crippen LogP contribution in [0.2, 0.25) is 0 Å². The minimum atomic E-state index is -0.787. The smallest absolute Gasteiger partial charge is 0.317 e. The molecule has 1 aromatic carbocycles. The Morgan fingerprint density at radius 1 is 1.11 bits per heavy atom. The summed E-state index contributed by atoms with van der Waals surface area (Å²) in [7, 11) is 3.63. The summed E-state index contributed by atoms with van der Waals surface area (Å²) in [6.07, 6.45) is 5.57. The zero-order valence-corrected chi connectivity index (χ0v) is 17.9. The van der Waals surface area contributed by atoms with E-state index < -0.39 is 11.9 Å². The second-order valence-electron chi connectivity index (χ2n) is 6.45. The first kappa shape index (κ1) is 23.2. The molecule has 0 heterocycles. The molecule has 7 heteroatoms. The molecule has 0 saturated heterocycles. The Bertz CT molecular complexity index is 590. The molecule has 2 rings (SSSR count). The van der Waals surface area contributed by atoms with Crippen molar-refractivity contribution < 1.29 is 28.4 Å². The second-order valence-corrected chi connectivity index (χ2v) is 6.45. The molecule has 1 saturated carbocycles. The Hall–Kier alpha value is -1.81. The number of carbonyl (C=O) groups excluding carboxylic acids is 2. The fourth-order valence-corrected chi connectivity index (χ4v) is 3.46. The third kappa shape index (κ3) is 6.10. The maximum atomic E-state index is 13.3. The molecule has 0 radical (unpaired) electrons. The predicted octanol–water partition coefficient (Wildman–Crippen LogP) is 3.98. The summed E-state index contributed by atoms with van der Waals surface area (Å²) >= 11 is 0. The molecule has 6 nitrogen and oxygen atoms in total. The Kier molecular flexibility index (Phi) is 10.8. The number of hydrogen-bond donors (Lipinski definition) is 0. The molecule has 2 unspecified atom stereocenters. The number of hydrogen-bond acceptors (Lipinski definition) is 6. The first-order chi connectivity index (χ1) is 13.1. The minimum absolute atomic E-state index is 0.0243. The van der Waals surface area contributed by atoms with E-state index in [-0.39, 0.29) is 11.7 Å². The summed E-state index contributed by atoms with van der Waals surface area (Å²) in [5.74, 6) is -0.593. The van der Waals surface area contributed by atoms with Gasteiger partial charge in [-0.25, -0.2) is 0 Å². The van der Waals surface area contributed by atoms with Crippen molar-refractivity contribution in [2.75, 3.05) is 20.8 Å². The maximum absolute atomic E-state index is 13.3. The number of ketones is 1. The highest BCUT2D eigenvalue weighted by Crippen LogP contribution is 2.38. The van der Waals surface area contributed by atoms with Gasteiger partial charge in [0.25, 0.3) is 0 Å². The predicted molar refractivity (Wildman–Crippen MR) is 107 cm³/mol. The zero-order valence-electron chi connectivity index (χ0n) is 16.5. The molecule has 0 aliphatic heterocycles. The van der Waals surface area contributed by atoms with Gasteiger partial charge in [0, 0.05) is 0 Å². The van der Waals surface area contributed by atoms with Gasteiger partial charge in [0.05, 0.1) is 29.9 Å². The van der Waals surface area contributed by atoms with E-state index in [1.54, 1.807) is 18.2 Å². The Morgan fingerprint density at radius 2 is 1.67 bits per heavy atom. The molecule has 1 fully saturated rings. The highest BCUT2D eigenvalue weighted by Gasteiger charge is 2.40. The average Bonchev–Trinajstić information content (AvgIpc) is 3.23. The first-order valence-electron chi connectivity index (χ1n) is 9.34. The van der Waals surface area contributed by atoms with Crippen molar-refractivity contribution in [3.8, 4) is 11.5 Å². The molecule has 0 spiro atoms. The summed E-state index contributed by atoms with van der Waals surface area (Å²) in [5.41, 5.74) is 0.330. The summed E-state index contributed by atoms with van der Waals surface area (Å²) in [4.78, 5) is 26.0. The molecule has 2 atom stereocenters. The molecule has 27 heavy (non-hydrogen) atoms. The Balaban J connectivity index is 0.00000176. The van der Waals surface area contributed by atoms with Crippen LogP contribution in [0.1, 0.15) is 55.8 Å². The van der Waals surface area contributed by atoms with Gasteiger partial charge in [-0.05, 0) is 37.3 Å². The van der Waals surface area contributed by atoms with Crippen LogP contribution in [0.3, 0.4) is 0 Å². The van der Waals surface area contributed by atoms with Gasteiger partial charge < -0.3 is 18.8 Å². The molecule has 0 N–H and O–H groups in total. The third-order valence-electron chi connectivity index (χ3n) is 4.82. The van der Waals surface area contributed by atoms with E-state index in [1.165, 1.54) is 14.2 Å². The number of carbonyl (C=O) groups is 2. The van der Waals surface area contributed by atoms with Crippen molar-refractivity contribution in [3.05, 3.63) is 23.8 Å². The lowest BCUT2D eigenvalue weighted by Crippen LogP contribution is -2.33. The fraction of sp³-hybridized carbons (Fsp3) is 0.600. The van der Waals surface area contributed by atoms with Gasteiger partial charge >= 0.3 is 5.97 Å². The fourth-order valence-electron chi connectivity index (χ4n) is 3.46. The Morgan fingerprint density at radius 3 is 2.15 bits per heavy atom. The quantitative estimate of drug-likeness (QED) is 0.206. The van der Waals surface area contributed by atoms with Crippen molar-refractivity contribution >= 4 is 20.9 Å². The lowest BCUT2D eigenvalue weighted by molar-refractivity contribution is -0.148. The van der Waals surface area contributed by atoms with Crippen LogP contribution in [-0.4, -0.2) is 32.6 Å². The molecule has 1 aromatic rings. The standard InChI is InChI=1S/C20H28O5.H3OP/c1-4-5-13-25-20(22)17(14-9-6-7-10-14)19(21)18-15(23-2)11-8-12-16(18)24-3;1-2/h8,11-12,14,17H,4-7,9-10,13H2,1-3H3;2H3. The third-order valence-corrected chi connectivity index (χ3v) is 4.82. The highest BCUT2D eigenvalue weighted by molar-refractivity contribution is 7.00. The highest BCUT2D eigenvalue weighted by atomic mass is 31.0. The van der Waals surface area contributed by atoms with Crippen LogP contribution < -0.4 is 9.47 Å². The molecule has 0 aromatic heterocycles. The van der Waals surface area contributed by atoms with Crippen molar-refractivity contribution in [1.29, 1.82) is 0 Å².